The Labute approximate surface area is 70.5 Å². The summed E-state index contributed by atoms with van der Waals surface area (Å²) in [4.78, 5) is 22.3. The van der Waals surface area contributed by atoms with Gasteiger partial charge in [0.05, 0.1) is 6.61 Å². The van der Waals surface area contributed by atoms with Crippen LogP contribution in [-0.2, 0) is 14.3 Å². The molecular weight excluding hydrogens is 160 g/mol. The Morgan fingerprint density at radius 2 is 2.42 bits per heavy atom. The zero-order valence-electron chi connectivity index (χ0n) is 7.00. The molecule has 1 saturated heterocycles. The fourth-order valence-corrected chi connectivity index (χ4v) is 1.47. The summed E-state index contributed by atoms with van der Waals surface area (Å²) < 4.78 is 4.71. The lowest BCUT2D eigenvalue weighted by Crippen LogP contribution is -2.35. The van der Waals surface area contributed by atoms with Gasteiger partial charge in [-0.15, -0.1) is 0 Å². The van der Waals surface area contributed by atoms with E-state index < -0.39 is 11.4 Å². The summed E-state index contributed by atoms with van der Waals surface area (Å²) in [5, 5.41) is 8.70. The van der Waals surface area contributed by atoms with Crippen LogP contribution in [0.25, 0.3) is 0 Å². The van der Waals surface area contributed by atoms with E-state index >= 15 is 0 Å². The molecule has 1 aliphatic rings. The van der Waals surface area contributed by atoms with Crippen molar-refractivity contribution < 1.29 is 19.4 Å². The van der Waals surface area contributed by atoms with Crippen LogP contribution in [-0.4, -0.2) is 30.1 Å². The lowest BCUT2D eigenvalue weighted by atomic mass is 9.80. The van der Waals surface area contributed by atoms with Crippen molar-refractivity contribution in [2.75, 3.05) is 13.2 Å². The van der Waals surface area contributed by atoms with Crippen LogP contribution >= 0.6 is 0 Å². The van der Waals surface area contributed by atoms with E-state index in [2.05, 4.69) is 0 Å². The van der Waals surface area contributed by atoms with Crippen LogP contribution < -0.4 is 0 Å². The van der Waals surface area contributed by atoms with E-state index in [9.17, 15) is 9.59 Å². The van der Waals surface area contributed by atoms with Gasteiger partial charge in [-0.25, -0.2) is 0 Å². The number of aliphatic hydroxyl groups is 1. The van der Waals surface area contributed by atoms with Crippen LogP contribution in [0.3, 0.4) is 0 Å². The number of hydrogen-bond acceptors (Lipinski definition) is 4. The molecule has 1 unspecified atom stereocenters. The molecule has 4 nitrogen and oxygen atoms in total. The monoisotopic (exact) mass is 172 g/mol. The van der Waals surface area contributed by atoms with Gasteiger partial charge in [-0.3, -0.25) is 9.59 Å². The third-order valence-electron chi connectivity index (χ3n) is 2.37. The van der Waals surface area contributed by atoms with Crippen LogP contribution in [0.2, 0.25) is 0 Å². The average molecular weight is 172 g/mol. The first-order chi connectivity index (χ1) is 5.63. The number of ketones is 1. The Bertz CT molecular complexity index is 211. The smallest absolute Gasteiger partial charge is 0.319 e. The van der Waals surface area contributed by atoms with Crippen molar-refractivity contribution in [3.63, 3.8) is 0 Å². The standard InChI is InChI=1S/C8H12O4/c1-6(10)8(2-4-9)3-5-12-7(8)11/h9H,2-5H2,1H3. The molecule has 0 aromatic rings. The highest BCUT2D eigenvalue weighted by Gasteiger charge is 2.48. The van der Waals surface area contributed by atoms with E-state index in [0.717, 1.165) is 0 Å². The van der Waals surface area contributed by atoms with Gasteiger partial charge < -0.3 is 9.84 Å². The highest BCUT2D eigenvalue weighted by Crippen LogP contribution is 2.34. The van der Waals surface area contributed by atoms with Gasteiger partial charge in [-0.2, -0.15) is 0 Å². The van der Waals surface area contributed by atoms with E-state index in [0.29, 0.717) is 13.0 Å². The van der Waals surface area contributed by atoms with E-state index in [1.165, 1.54) is 6.92 Å². The summed E-state index contributed by atoms with van der Waals surface area (Å²) in [5.74, 6) is -0.692. The molecule has 0 amide bonds. The van der Waals surface area contributed by atoms with Gasteiger partial charge in [-0.05, 0) is 13.3 Å². The third-order valence-corrected chi connectivity index (χ3v) is 2.37. The molecule has 0 radical (unpaired) electrons. The summed E-state index contributed by atoms with van der Waals surface area (Å²) in [6.45, 7) is 1.50. The first-order valence-electron chi connectivity index (χ1n) is 3.92. The molecule has 68 valence electrons. The first kappa shape index (κ1) is 9.19. The summed E-state index contributed by atoms with van der Waals surface area (Å²) >= 11 is 0. The molecule has 1 rings (SSSR count). The summed E-state index contributed by atoms with van der Waals surface area (Å²) in [6, 6.07) is 0. The van der Waals surface area contributed by atoms with Crippen molar-refractivity contribution >= 4 is 11.8 Å². The number of cyclic esters (lactones) is 1. The molecule has 1 heterocycles. The van der Waals surface area contributed by atoms with Crippen molar-refractivity contribution in [2.24, 2.45) is 5.41 Å². The fraction of sp³-hybridized carbons (Fsp3) is 0.750. The first-order valence-corrected chi connectivity index (χ1v) is 3.92. The number of esters is 1. The van der Waals surface area contributed by atoms with Crippen LogP contribution in [0.15, 0.2) is 0 Å². The van der Waals surface area contributed by atoms with Crippen molar-refractivity contribution in [1.29, 1.82) is 0 Å². The Morgan fingerprint density at radius 1 is 1.75 bits per heavy atom. The number of carbonyl (C=O) groups excluding carboxylic acids is 2. The predicted octanol–water partition coefficient (Wildman–Crippen LogP) is -0.109. The Balaban J connectivity index is 2.85. The van der Waals surface area contributed by atoms with E-state index in [-0.39, 0.29) is 18.8 Å². The minimum Gasteiger partial charge on any atom is -0.465 e. The maximum absolute atomic E-state index is 11.2. The highest BCUT2D eigenvalue weighted by atomic mass is 16.5. The van der Waals surface area contributed by atoms with Crippen LogP contribution in [0.5, 0.6) is 0 Å². The maximum atomic E-state index is 11.2. The lowest BCUT2D eigenvalue weighted by molar-refractivity contribution is -0.151. The Morgan fingerprint density at radius 3 is 2.75 bits per heavy atom. The lowest BCUT2D eigenvalue weighted by Gasteiger charge is -2.19. The Kier molecular flexibility index (Phi) is 2.47. The highest BCUT2D eigenvalue weighted by molar-refractivity contribution is 6.03. The van der Waals surface area contributed by atoms with E-state index in [4.69, 9.17) is 9.84 Å². The molecule has 0 spiro atoms. The number of aliphatic hydroxyl groups excluding tert-OH is 1. The van der Waals surface area contributed by atoms with Crippen molar-refractivity contribution in [1.82, 2.24) is 0 Å². The van der Waals surface area contributed by atoms with Gasteiger partial charge in [0.1, 0.15) is 11.2 Å². The molecule has 0 bridgehead atoms. The van der Waals surface area contributed by atoms with Crippen LogP contribution in [0, 0.1) is 5.41 Å². The molecule has 0 aliphatic carbocycles. The maximum Gasteiger partial charge on any atom is 0.319 e. The SMILES string of the molecule is CC(=O)C1(CCO)CCOC1=O. The minimum atomic E-state index is -1.05. The normalized spacial score (nSPS) is 28.7. The second-order valence-electron chi connectivity index (χ2n) is 3.00. The van der Waals surface area contributed by atoms with E-state index in [1.807, 2.05) is 0 Å². The second-order valence-corrected chi connectivity index (χ2v) is 3.00. The number of Topliss-reactive ketones (excluding diaryl/α,β-unsaturated/α-hetero) is 1. The summed E-state index contributed by atoms with van der Waals surface area (Å²) in [7, 11) is 0. The van der Waals surface area contributed by atoms with Crippen LogP contribution in [0.1, 0.15) is 19.8 Å². The van der Waals surface area contributed by atoms with Gasteiger partial charge >= 0.3 is 5.97 Å². The molecule has 0 aromatic carbocycles. The zero-order chi connectivity index (χ0) is 9.19. The van der Waals surface area contributed by atoms with Crippen LogP contribution in [0.4, 0.5) is 0 Å². The minimum absolute atomic E-state index is 0.158. The zero-order valence-corrected chi connectivity index (χ0v) is 7.00. The van der Waals surface area contributed by atoms with Gasteiger partial charge in [0.2, 0.25) is 0 Å². The molecule has 4 heteroatoms. The number of hydrogen-bond donors (Lipinski definition) is 1. The van der Waals surface area contributed by atoms with Gasteiger partial charge in [0.15, 0.2) is 0 Å². The van der Waals surface area contributed by atoms with Crippen molar-refractivity contribution in [3.8, 4) is 0 Å². The summed E-state index contributed by atoms with van der Waals surface area (Å²) in [5.41, 5.74) is -1.05. The molecule has 12 heavy (non-hydrogen) atoms. The molecule has 0 saturated carbocycles. The molecule has 0 aromatic heterocycles. The predicted molar refractivity (Wildman–Crippen MR) is 40.4 cm³/mol. The average Bonchev–Trinajstić information content (AvgIpc) is 2.34. The van der Waals surface area contributed by atoms with Crippen molar-refractivity contribution in [3.05, 3.63) is 0 Å². The third kappa shape index (κ3) is 1.22. The van der Waals surface area contributed by atoms with Gasteiger partial charge in [0.25, 0.3) is 0 Å². The second kappa shape index (κ2) is 3.23. The molecule has 1 N–H and O–H groups in total. The van der Waals surface area contributed by atoms with E-state index in [1.54, 1.807) is 0 Å². The fourth-order valence-electron chi connectivity index (χ4n) is 1.47. The van der Waals surface area contributed by atoms with Gasteiger partial charge in [0, 0.05) is 13.0 Å². The topological polar surface area (TPSA) is 63.6 Å². The number of ether oxygens (including phenoxy) is 1. The molecule has 1 aliphatic heterocycles. The molecule has 1 fully saturated rings. The molecule has 1 atom stereocenters. The molecular formula is C8H12O4. The van der Waals surface area contributed by atoms with Crippen molar-refractivity contribution in [2.45, 2.75) is 19.8 Å². The summed E-state index contributed by atoms with van der Waals surface area (Å²) in [6.07, 6.45) is 0.586. The number of carbonyl (C=O) groups is 2. The quantitative estimate of drug-likeness (QED) is 0.476. The number of rotatable bonds is 3. The largest absolute Gasteiger partial charge is 0.465 e. The van der Waals surface area contributed by atoms with Gasteiger partial charge in [-0.1, -0.05) is 0 Å². The Hall–Kier alpha value is -0.900.